The predicted octanol–water partition coefficient (Wildman–Crippen LogP) is 2.34. The number of halogens is 1. The minimum absolute atomic E-state index is 0.157. The molecule has 0 radical (unpaired) electrons. The second-order valence-corrected chi connectivity index (χ2v) is 4.37. The van der Waals surface area contributed by atoms with Crippen LogP contribution in [0.2, 0.25) is 5.02 Å². The fourth-order valence-corrected chi connectivity index (χ4v) is 1.73. The molecule has 1 aromatic heterocycles. The van der Waals surface area contributed by atoms with E-state index in [-0.39, 0.29) is 4.99 Å². The van der Waals surface area contributed by atoms with Crippen LogP contribution in [0.1, 0.15) is 11.3 Å². The highest BCUT2D eigenvalue weighted by Crippen LogP contribution is 2.15. The molecule has 0 saturated heterocycles. The number of nitrogens with zero attached hydrogens (tertiary/aromatic N) is 2. The van der Waals surface area contributed by atoms with Gasteiger partial charge in [-0.1, -0.05) is 36.0 Å². The van der Waals surface area contributed by atoms with Gasteiger partial charge in [0.15, 0.2) is 5.69 Å². The van der Waals surface area contributed by atoms with E-state index >= 15 is 0 Å². The summed E-state index contributed by atoms with van der Waals surface area (Å²) in [5, 5.41) is 0.657. The Bertz CT molecular complexity index is 577. The van der Waals surface area contributed by atoms with Crippen LogP contribution in [0, 0.1) is 0 Å². The van der Waals surface area contributed by atoms with Crippen molar-refractivity contribution in [2.75, 3.05) is 0 Å². The molecule has 1 aromatic carbocycles. The fraction of sp³-hybridized carbons (Fsp3) is 0.0833. The van der Waals surface area contributed by atoms with Crippen molar-refractivity contribution in [2.45, 2.75) is 6.61 Å². The average Bonchev–Trinajstić information content (AvgIpc) is 2.37. The molecular formula is C12H10ClN3OS. The Hall–Kier alpha value is -1.72. The standard InChI is InChI=1S/C12H10ClN3OS/c13-9-3-1-2-8(6-9)7-17-12-10(11(14)18)15-4-5-16-12/h1-6H,7H2,(H2,14,18). The molecule has 1 heterocycles. The number of nitrogens with two attached hydrogens (primary N) is 1. The summed E-state index contributed by atoms with van der Waals surface area (Å²) in [7, 11) is 0. The molecule has 6 heteroatoms. The lowest BCUT2D eigenvalue weighted by Gasteiger charge is -2.08. The molecule has 18 heavy (non-hydrogen) atoms. The van der Waals surface area contributed by atoms with E-state index in [1.54, 1.807) is 6.07 Å². The van der Waals surface area contributed by atoms with Gasteiger partial charge in [-0.3, -0.25) is 0 Å². The lowest BCUT2D eigenvalue weighted by molar-refractivity contribution is 0.292. The van der Waals surface area contributed by atoms with E-state index in [9.17, 15) is 0 Å². The number of rotatable bonds is 4. The van der Waals surface area contributed by atoms with Crippen molar-refractivity contribution in [1.29, 1.82) is 0 Å². The van der Waals surface area contributed by atoms with Gasteiger partial charge in [0.2, 0.25) is 5.88 Å². The maximum atomic E-state index is 5.88. The number of hydrogen-bond donors (Lipinski definition) is 1. The number of thiocarbonyl (C=S) groups is 1. The largest absolute Gasteiger partial charge is 0.471 e. The number of hydrogen-bond acceptors (Lipinski definition) is 4. The lowest BCUT2D eigenvalue weighted by atomic mass is 10.2. The molecule has 0 spiro atoms. The van der Waals surface area contributed by atoms with Crippen molar-refractivity contribution in [1.82, 2.24) is 9.97 Å². The van der Waals surface area contributed by atoms with Crippen LogP contribution in [0.3, 0.4) is 0 Å². The molecule has 0 amide bonds. The fourth-order valence-electron chi connectivity index (χ4n) is 1.38. The van der Waals surface area contributed by atoms with Gasteiger partial charge in [-0.25, -0.2) is 9.97 Å². The van der Waals surface area contributed by atoms with Crippen LogP contribution in [0.15, 0.2) is 36.7 Å². The molecule has 0 bridgehead atoms. The minimum Gasteiger partial charge on any atom is -0.471 e. The zero-order valence-corrected chi connectivity index (χ0v) is 10.9. The van der Waals surface area contributed by atoms with Crippen LogP contribution in [0.5, 0.6) is 5.88 Å². The highest BCUT2D eigenvalue weighted by Gasteiger charge is 2.09. The monoisotopic (exact) mass is 279 g/mol. The molecule has 0 aliphatic rings. The third kappa shape index (κ3) is 3.15. The Morgan fingerprint density at radius 2 is 2.11 bits per heavy atom. The van der Waals surface area contributed by atoms with Crippen LogP contribution < -0.4 is 10.5 Å². The van der Waals surface area contributed by atoms with Crippen molar-refractivity contribution >= 4 is 28.8 Å². The van der Waals surface area contributed by atoms with E-state index in [2.05, 4.69) is 9.97 Å². The zero-order valence-electron chi connectivity index (χ0n) is 9.34. The van der Waals surface area contributed by atoms with Gasteiger partial charge in [0, 0.05) is 17.4 Å². The molecule has 0 aliphatic heterocycles. The SMILES string of the molecule is NC(=S)c1nccnc1OCc1cccc(Cl)c1. The normalized spacial score (nSPS) is 10.1. The Labute approximate surface area is 115 Å². The summed E-state index contributed by atoms with van der Waals surface area (Å²) in [5.41, 5.74) is 6.85. The first kappa shape index (κ1) is 12.7. The van der Waals surface area contributed by atoms with Gasteiger partial charge < -0.3 is 10.5 Å². The summed E-state index contributed by atoms with van der Waals surface area (Å²) in [6, 6.07) is 7.38. The van der Waals surface area contributed by atoms with Crippen molar-refractivity contribution in [3.8, 4) is 5.88 Å². The molecule has 0 aliphatic carbocycles. The minimum atomic E-state index is 0.157. The summed E-state index contributed by atoms with van der Waals surface area (Å²) in [4.78, 5) is 8.24. The summed E-state index contributed by atoms with van der Waals surface area (Å²) >= 11 is 10.8. The quantitative estimate of drug-likeness (QED) is 0.871. The van der Waals surface area contributed by atoms with Gasteiger partial charge in [-0.05, 0) is 17.7 Å². The predicted molar refractivity (Wildman–Crippen MR) is 73.7 cm³/mol. The first-order valence-electron chi connectivity index (χ1n) is 5.15. The average molecular weight is 280 g/mol. The lowest BCUT2D eigenvalue weighted by Crippen LogP contribution is -2.14. The highest BCUT2D eigenvalue weighted by molar-refractivity contribution is 7.80. The second-order valence-electron chi connectivity index (χ2n) is 3.49. The van der Waals surface area contributed by atoms with Gasteiger partial charge in [-0.2, -0.15) is 0 Å². The van der Waals surface area contributed by atoms with E-state index < -0.39 is 0 Å². The van der Waals surface area contributed by atoms with Crippen LogP contribution >= 0.6 is 23.8 Å². The Morgan fingerprint density at radius 1 is 1.33 bits per heavy atom. The van der Waals surface area contributed by atoms with Crippen LogP contribution in [0.25, 0.3) is 0 Å². The Kier molecular flexibility index (Phi) is 4.07. The van der Waals surface area contributed by atoms with Gasteiger partial charge in [0.1, 0.15) is 11.6 Å². The van der Waals surface area contributed by atoms with Crippen LogP contribution in [0.4, 0.5) is 0 Å². The van der Waals surface area contributed by atoms with Gasteiger partial charge >= 0.3 is 0 Å². The van der Waals surface area contributed by atoms with Gasteiger partial charge in [0.05, 0.1) is 0 Å². The Balaban J connectivity index is 2.13. The smallest absolute Gasteiger partial charge is 0.243 e. The third-order valence-corrected chi connectivity index (χ3v) is 2.59. The summed E-state index contributed by atoms with van der Waals surface area (Å²) < 4.78 is 5.54. The van der Waals surface area contributed by atoms with Crippen LogP contribution in [-0.4, -0.2) is 15.0 Å². The molecule has 92 valence electrons. The number of aromatic nitrogens is 2. The van der Waals surface area contributed by atoms with E-state index in [4.69, 9.17) is 34.3 Å². The van der Waals surface area contributed by atoms with E-state index in [1.165, 1.54) is 12.4 Å². The van der Waals surface area contributed by atoms with Crippen molar-refractivity contribution in [3.63, 3.8) is 0 Å². The maximum absolute atomic E-state index is 5.88. The van der Waals surface area contributed by atoms with E-state index in [0.29, 0.717) is 23.2 Å². The number of ether oxygens (including phenoxy) is 1. The van der Waals surface area contributed by atoms with E-state index in [0.717, 1.165) is 5.56 Å². The summed E-state index contributed by atoms with van der Waals surface area (Å²) in [6.07, 6.45) is 3.04. The zero-order chi connectivity index (χ0) is 13.0. The summed E-state index contributed by atoms with van der Waals surface area (Å²) in [5.74, 6) is 0.324. The first-order valence-corrected chi connectivity index (χ1v) is 5.93. The van der Waals surface area contributed by atoms with Crippen molar-refractivity contribution in [2.24, 2.45) is 5.73 Å². The molecule has 0 atom stereocenters. The third-order valence-electron chi connectivity index (χ3n) is 2.16. The molecule has 0 unspecified atom stereocenters. The first-order chi connectivity index (χ1) is 8.66. The molecular weight excluding hydrogens is 270 g/mol. The summed E-state index contributed by atoms with van der Waals surface area (Å²) in [6.45, 7) is 0.328. The molecule has 0 saturated carbocycles. The molecule has 0 fully saturated rings. The topological polar surface area (TPSA) is 61.0 Å². The molecule has 2 N–H and O–H groups in total. The van der Waals surface area contributed by atoms with Gasteiger partial charge in [0.25, 0.3) is 0 Å². The van der Waals surface area contributed by atoms with Crippen LogP contribution in [-0.2, 0) is 6.61 Å². The van der Waals surface area contributed by atoms with Crippen molar-refractivity contribution < 1.29 is 4.74 Å². The molecule has 4 nitrogen and oxygen atoms in total. The Morgan fingerprint density at radius 3 is 2.83 bits per heavy atom. The maximum Gasteiger partial charge on any atom is 0.243 e. The van der Waals surface area contributed by atoms with Gasteiger partial charge in [-0.15, -0.1) is 0 Å². The van der Waals surface area contributed by atoms with Crippen molar-refractivity contribution in [3.05, 3.63) is 52.9 Å². The highest BCUT2D eigenvalue weighted by atomic mass is 35.5. The molecule has 2 aromatic rings. The van der Waals surface area contributed by atoms with E-state index in [1.807, 2.05) is 18.2 Å². The molecule has 2 rings (SSSR count). The second kappa shape index (κ2) is 5.75. The number of benzene rings is 1.